The van der Waals surface area contributed by atoms with Gasteiger partial charge in [0.15, 0.2) is 0 Å². The lowest BCUT2D eigenvalue weighted by atomic mass is 10.0. The van der Waals surface area contributed by atoms with Gasteiger partial charge in [-0.05, 0) is 65.9 Å². The van der Waals surface area contributed by atoms with E-state index in [0.29, 0.717) is 29.4 Å². The molecule has 2 aromatic carbocycles. The lowest BCUT2D eigenvalue weighted by molar-refractivity contribution is 0.122. The normalized spacial score (nSPS) is 14.0. The quantitative estimate of drug-likeness (QED) is 0.279. The van der Waals surface area contributed by atoms with Crippen molar-refractivity contribution in [1.82, 2.24) is 9.97 Å². The predicted molar refractivity (Wildman–Crippen MR) is 140 cm³/mol. The number of halogens is 3. The van der Waals surface area contributed by atoms with Crippen LogP contribution >= 0.6 is 34.2 Å². The number of nitrogens with zero attached hydrogens (tertiary/aromatic N) is 3. The topological polar surface area (TPSA) is 50.3 Å². The number of rotatable bonds is 4. The van der Waals surface area contributed by atoms with Crippen LogP contribution in [-0.4, -0.2) is 36.3 Å². The van der Waals surface area contributed by atoms with Gasteiger partial charge in [0, 0.05) is 56.3 Å². The molecule has 1 N–H and O–H groups in total. The van der Waals surface area contributed by atoms with Gasteiger partial charge < -0.3 is 15.0 Å². The molecule has 1 aliphatic heterocycles. The molecule has 2 aromatic heterocycles. The molecule has 0 amide bonds. The molecule has 0 saturated carbocycles. The molecular formula is C25H21ClFIN4O. The van der Waals surface area contributed by atoms with Crippen LogP contribution in [0.4, 0.5) is 21.5 Å². The number of nitrogens with one attached hydrogen (secondary N) is 1. The first-order valence-electron chi connectivity index (χ1n) is 10.6. The molecule has 1 aliphatic rings. The Balaban J connectivity index is 1.66. The summed E-state index contributed by atoms with van der Waals surface area (Å²) in [6.45, 7) is 5.03. The van der Waals surface area contributed by atoms with Gasteiger partial charge in [0.25, 0.3) is 0 Å². The molecule has 5 nitrogen and oxygen atoms in total. The second-order valence-corrected chi connectivity index (χ2v) is 9.48. The van der Waals surface area contributed by atoms with Gasteiger partial charge in [-0.2, -0.15) is 0 Å². The number of fused-ring (bicyclic) bond motifs is 1. The van der Waals surface area contributed by atoms with Crippen LogP contribution in [0.25, 0.3) is 22.3 Å². The molecule has 0 radical (unpaired) electrons. The van der Waals surface area contributed by atoms with E-state index in [4.69, 9.17) is 21.3 Å². The highest BCUT2D eigenvalue weighted by Gasteiger charge is 2.19. The van der Waals surface area contributed by atoms with Gasteiger partial charge in [-0.3, -0.25) is 4.98 Å². The van der Waals surface area contributed by atoms with Crippen molar-refractivity contribution in [1.29, 1.82) is 0 Å². The van der Waals surface area contributed by atoms with E-state index in [0.717, 1.165) is 50.4 Å². The minimum absolute atomic E-state index is 0.321. The van der Waals surface area contributed by atoms with Crippen LogP contribution in [0, 0.1) is 16.3 Å². The van der Waals surface area contributed by atoms with Crippen molar-refractivity contribution in [3.05, 3.63) is 74.7 Å². The summed E-state index contributed by atoms with van der Waals surface area (Å²) in [5, 5.41) is 5.07. The molecule has 4 aromatic rings. The molecule has 0 bridgehead atoms. The lowest BCUT2D eigenvalue weighted by Crippen LogP contribution is -2.36. The van der Waals surface area contributed by atoms with E-state index in [1.807, 2.05) is 37.3 Å². The third kappa shape index (κ3) is 4.62. The summed E-state index contributed by atoms with van der Waals surface area (Å²) in [7, 11) is 0. The van der Waals surface area contributed by atoms with Crippen molar-refractivity contribution in [2.24, 2.45) is 0 Å². The fourth-order valence-corrected chi connectivity index (χ4v) is 5.18. The molecule has 3 heterocycles. The Bertz CT molecular complexity index is 1330. The van der Waals surface area contributed by atoms with Crippen molar-refractivity contribution < 1.29 is 9.13 Å². The first-order valence-corrected chi connectivity index (χ1v) is 12.1. The molecule has 0 atom stereocenters. The largest absolute Gasteiger partial charge is 0.378 e. The second kappa shape index (κ2) is 9.40. The standard InChI is InChI=1S/C25H21ClFIN4O/c1-15-24(21-4-2-3-5-29-21)31-22-13-17(27)12-20(28)23(22)25(15)30-18-10-16(26)11-19(14-18)32-6-8-33-9-7-32/h2-5,10-14H,6-9H2,1H3,(H,30,31). The maximum atomic E-state index is 14.3. The average Bonchev–Trinajstić information content (AvgIpc) is 2.81. The highest BCUT2D eigenvalue weighted by atomic mass is 127. The Labute approximate surface area is 210 Å². The van der Waals surface area contributed by atoms with E-state index in [-0.39, 0.29) is 5.82 Å². The van der Waals surface area contributed by atoms with E-state index >= 15 is 0 Å². The molecule has 33 heavy (non-hydrogen) atoms. The Morgan fingerprint density at radius 3 is 2.70 bits per heavy atom. The van der Waals surface area contributed by atoms with Gasteiger partial charge in [-0.1, -0.05) is 17.7 Å². The summed E-state index contributed by atoms with van der Waals surface area (Å²) >= 11 is 8.66. The number of benzene rings is 2. The summed E-state index contributed by atoms with van der Waals surface area (Å²) in [4.78, 5) is 11.5. The number of morpholine rings is 1. The maximum absolute atomic E-state index is 14.3. The maximum Gasteiger partial charge on any atom is 0.126 e. The Kier molecular flexibility index (Phi) is 6.36. The second-order valence-electron chi connectivity index (χ2n) is 7.88. The average molecular weight is 575 g/mol. The molecule has 1 saturated heterocycles. The fraction of sp³-hybridized carbons (Fsp3) is 0.200. The molecule has 168 valence electrons. The van der Waals surface area contributed by atoms with Crippen LogP contribution in [0.15, 0.2) is 54.7 Å². The molecule has 0 unspecified atom stereocenters. The van der Waals surface area contributed by atoms with Gasteiger partial charge in [-0.25, -0.2) is 9.37 Å². The van der Waals surface area contributed by atoms with E-state index in [1.54, 1.807) is 6.20 Å². The first-order chi connectivity index (χ1) is 16.0. The summed E-state index contributed by atoms with van der Waals surface area (Å²) in [5.74, 6) is -0.321. The number of ether oxygens (including phenoxy) is 1. The molecule has 8 heteroatoms. The van der Waals surface area contributed by atoms with Crippen LogP contribution in [0.2, 0.25) is 5.02 Å². The Morgan fingerprint density at radius 1 is 1.12 bits per heavy atom. The van der Waals surface area contributed by atoms with E-state index in [9.17, 15) is 4.39 Å². The van der Waals surface area contributed by atoms with Gasteiger partial charge in [-0.15, -0.1) is 0 Å². The lowest BCUT2D eigenvalue weighted by Gasteiger charge is -2.29. The highest BCUT2D eigenvalue weighted by Crippen LogP contribution is 2.38. The van der Waals surface area contributed by atoms with Crippen LogP contribution < -0.4 is 10.2 Å². The fourth-order valence-electron chi connectivity index (χ4n) is 4.11. The molecule has 1 fully saturated rings. The molecule has 0 aliphatic carbocycles. The zero-order chi connectivity index (χ0) is 22.9. The van der Waals surface area contributed by atoms with Crippen LogP contribution in [0.1, 0.15) is 5.56 Å². The van der Waals surface area contributed by atoms with Crippen LogP contribution in [0.5, 0.6) is 0 Å². The SMILES string of the molecule is Cc1c(-c2ccccn2)nc2cc(F)cc(I)c2c1Nc1cc(Cl)cc(N2CCOCC2)c1. The van der Waals surface area contributed by atoms with Gasteiger partial charge >= 0.3 is 0 Å². The van der Waals surface area contributed by atoms with E-state index < -0.39 is 0 Å². The summed E-state index contributed by atoms with van der Waals surface area (Å²) in [6, 6.07) is 14.6. The molecule has 0 spiro atoms. The van der Waals surface area contributed by atoms with Crippen molar-refractivity contribution in [2.45, 2.75) is 6.92 Å². The number of aromatic nitrogens is 2. The zero-order valence-electron chi connectivity index (χ0n) is 17.9. The smallest absolute Gasteiger partial charge is 0.126 e. The number of anilines is 3. The van der Waals surface area contributed by atoms with Crippen molar-refractivity contribution >= 4 is 62.2 Å². The minimum Gasteiger partial charge on any atom is -0.378 e. The van der Waals surface area contributed by atoms with E-state index in [1.165, 1.54) is 12.1 Å². The highest BCUT2D eigenvalue weighted by molar-refractivity contribution is 14.1. The van der Waals surface area contributed by atoms with Gasteiger partial charge in [0.1, 0.15) is 5.82 Å². The summed E-state index contributed by atoms with van der Waals surface area (Å²) < 4.78 is 20.6. The minimum atomic E-state index is -0.321. The van der Waals surface area contributed by atoms with Crippen LogP contribution in [0.3, 0.4) is 0 Å². The third-order valence-corrected chi connectivity index (χ3v) is 6.75. The molecule has 5 rings (SSSR count). The Morgan fingerprint density at radius 2 is 1.94 bits per heavy atom. The van der Waals surface area contributed by atoms with E-state index in [2.05, 4.69) is 43.9 Å². The number of hydrogen-bond acceptors (Lipinski definition) is 5. The molecular weight excluding hydrogens is 554 g/mol. The first kappa shape index (κ1) is 22.3. The summed E-state index contributed by atoms with van der Waals surface area (Å²) in [5.41, 5.74) is 5.70. The van der Waals surface area contributed by atoms with Crippen molar-refractivity contribution in [3.8, 4) is 11.4 Å². The number of pyridine rings is 2. The predicted octanol–water partition coefficient (Wildman–Crippen LogP) is 6.58. The van der Waals surface area contributed by atoms with Crippen LogP contribution in [-0.2, 0) is 4.74 Å². The third-order valence-electron chi connectivity index (χ3n) is 5.68. The van der Waals surface area contributed by atoms with Crippen molar-refractivity contribution in [3.63, 3.8) is 0 Å². The van der Waals surface area contributed by atoms with Gasteiger partial charge in [0.2, 0.25) is 0 Å². The van der Waals surface area contributed by atoms with Crippen molar-refractivity contribution in [2.75, 3.05) is 36.5 Å². The van der Waals surface area contributed by atoms with Gasteiger partial charge in [0.05, 0.1) is 35.8 Å². The monoisotopic (exact) mass is 574 g/mol. The zero-order valence-corrected chi connectivity index (χ0v) is 20.8. The Hall–Kier alpha value is -2.49. The summed E-state index contributed by atoms with van der Waals surface area (Å²) in [6.07, 6.45) is 1.73. The number of hydrogen-bond donors (Lipinski definition) is 1.